The van der Waals surface area contributed by atoms with Crippen molar-refractivity contribution < 1.29 is 0 Å². The Hall–Kier alpha value is 0.530. The van der Waals surface area contributed by atoms with Crippen molar-refractivity contribution in [2.75, 3.05) is 5.75 Å². The molecule has 1 aromatic carbocycles. The largest absolute Gasteiger partial charge is 0.125 e. The third kappa shape index (κ3) is 1.59. The standard InChI is InChI=1S/C9H8Br2S/c10-7-4-5-12-9-6(7)2-1-3-8(9)11/h1-3,7H,4-5H2. The van der Waals surface area contributed by atoms with Crippen LogP contribution in [0.2, 0.25) is 0 Å². The molecule has 0 bridgehead atoms. The molecule has 0 amide bonds. The van der Waals surface area contributed by atoms with Crippen molar-refractivity contribution in [1.29, 1.82) is 0 Å². The summed E-state index contributed by atoms with van der Waals surface area (Å²) < 4.78 is 1.23. The van der Waals surface area contributed by atoms with Crippen molar-refractivity contribution in [1.82, 2.24) is 0 Å². The fourth-order valence-corrected chi connectivity index (χ4v) is 4.27. The molecule has 0 N–H and O–H groups in total. The predicted molar refractivity (Wildman–Crippen MR) is 61.2 cm³/mol. The zero-order valence-corrected chi connectivity index (χ0v) is 10.4. The minimum atomic E-state index is 0.547. The highest BCUT2D eigenvalue weighted by Gasteiger charge is 2.19. The van der Waals surface area contributed by atoms with Crippen molar-refractivity contribution in [2.24, 2.45) is 0 Å². The molecule has 64 valence electrons. The molecule has 3 heteroatoms. The second kappa shape index (κ2) is 3.72. The smallest absolute Gasteiger partial charge is 0.0414 e. The average Bonchev–Trinajstić information content (AvgIpc) is 2.07. The van der Waals surface area contributed by atoms with Gasteiger partial charge in [0.25, 0.3) is 0 Å². The maximum absolute atomic E-state index is 3.69. The lowest BCUT2D eigenvalue weighted by Gasteiger charge is -2.21. The number of halogens is 2. The lowest BCUT2D eigenvalue weighted by molar-refractivity contribution is 0.877. The van der Waals surface area contributed by atoms with E-state index in [4.69, 9.17) is 0 Å². The first-order valence-corrected chi connectivity index (χ1v) is 6.54. The Kier molecular flexibility index (Phi) is 2.82. The third-order valence-electron chi connectivity index (χ3n) is 1.95. The van der Waals surface area contributed by atoms with Gasteiger partial charge in [0.15, 0.2) is 0 Å². The van der Waals surface area contributed by atoms with E-state index in [9.17, 15) is 0 Å². The molecule has 1 atom stereocenters. The van der Waals surface area contributed by atoms with Crippen molar-refractivity contribution >= 4 is 43.6 Å². The van der Waals surface area contributed by atoms with Gasteiger partial charge >= 0.3 is 0 Å². The van der Waals surface area contributed by atoms with Crippen LogP contribution in [0.25, 0.3) is 0 Å². The summed E-state index contributed by atoms with van der Waals surface area (Å²) in [7, 11) is 0. The number of thioether (sulfide) groups is 1. The Bertz CT molecular complexity index is 299. The number of alkyl halides is 1. The first-order chi connectivity index (χ1) is 5.79. The Labute approximate surface area is 93.4 Å². The van der Waals surface area contributed by atoms with E-state index >= 15 is 0 Å². The van der Waals surface area contributed by atoms with Gasteiger partial charge < -0.3 is 0 Å². The van der Waals surface area contributed by atoms with Gasteiger partial charge in [-0.05, 0) is 39.7 Å². The van der Waals surface area contributed by atoms with E-state index in [1.807, 2.05) is 11.8 Å². The van der Waals surface area contributed by atoms with Crippen LogP contribution in [0, 0.1) is 0 Å². The van der Waals surface area contributed by atoms with Crippen LogP contribution in [0.1, 0.15) is 16.8 Å². The molecule has 1 aliphatic heterocycles. The number of rotatable bonds is 0. The van der Waals surface area contributed by atoms with Gasteiger partial charge in [0, 0.05) is 14.2 Å². The zero-order chi connectivity index (χ0) is 8.55. The highest BCUT2D eigenvalue weighted by Crippen LogP contribution is 2.43. The molecular formula is C9H8Br2S. The third-order valence-corrected chi connectivity index (χ3v) is 5.01. The lowest BCUT2D eigenvalue weighted by Crippen LogP contribution is -2.01. The van der Waals surface area contributed by atoms with Gasteiger partial charge in [-0.2, -0.15) is 0 Å². The molecule has 0 aliphatic carbocycles. The highest BCUT2D eigenvalue weighted by atomic mass is 79.9. The molecule has 1 aliphatic rings. The SMILES string of the molecule is Brc1cccc2c1SCCC2Br. The van der Waals surface area contributed by atoms with Gasteiger partial charge in [0.1, 0.15) is 0 Å². The summed E-state index contributed by atoms with van der Waals surface area (Å²) in [6.07, 6.45) is 1.23. The molecule has 0 nitrogen and oxygen atoms in total. The van der Waals surface area contributed by atoms with E-state index in [0.717, 1.165) is 0 Å². The van der Waals surface area contributed by atoms with Gasteiger partial charge in [-0.25, -0.2) is 0 Å². The second-order valence-corrected chi connectivity index (χ2v) is 5.83. The first-order valence-electron chi connectivity index (χ1n) is 3.84. The van der Waals surface area contributed by atoms with Crippen LogP contribution in [-0.2, 0) is 0 Å². The summed E-state index contributed by atoms with van der Waals surface area (Å²) in [5, 5.41) is 0. The molecule has 1 unspecified atom stereocenters. The molecule has 1 heterocycles. The second-order valence-electron chi connectivity index (χ2n) is 2.76. The number of hydrogen-bond acceptors (Lipinski definition) is 1. The van der Waals surface area contributed by atoms with Crippen molar-refractivity contribution in [2.45, 2.75) is 16.1 Å². The summed E-state index contributed by atoms with van der Waals surface area (Å²) in [5.74, 6) is 1.21. The van der Waals surface area contributed by atoms with Gasteiger partial charge in [0.2, 0.25) is 0 Å². The van der Waals surface area contributed by atoms with Crippen LogP contribution in [-0.4, -0.2) is 5.75 Å². The van der Waals surface area contributed by atoms with E-state index in [1.165, 1.54) is 27.1 Å². The van der Waals surface area contributed by atoms with Gasteiger partial charge in [-0.1, -0.05) is 28.1 Å². The monoisotopic (exact) mass is 306 g/mol. The number of hydrogen-bond donors (Lipinski definition) is 0. The first kappa shape index (κ1) is 9.10. The number of fused-ring (bicyclic) bond motifs is 1. The molecule has 0 fully saturated rings. The molecule has 0 saturated carbocycles. The fourth-order valence-electron chi connectivity index (χ4n) is 1.34. The van der Waals surface area contributed by atoms with Crippen molar-refractivity contribution in [3.8, 4) is 0 Å². The maximum Gasteiger partial charge on any atom is 0.0414 e. The minimum absolute atomic E-state index is 0.547. The summed E-state index contributed by atoms with van der Waals surface area (Å²) in [4.78, 5) is 1.96. The van der Waals surface area contributed by atoms with Crippen LogP contribution in [0.5, 0.6) is 0 Å². The van der Waals surface area contributed by atoms with Gasteiger partial charge in [0.05, 0.1) is 0 Å². The molecular weight excluding hydrogens is 300 g/mol. The summed E-state index contributed by atoms with van der Waals surface area (Å²) in [6, 6.07) is 6.41. The number of benzene rings is 1. The Morgan fingerprint density at radius 1 is 1.42 bits per heavy atom. The van der Waals surface area contributed by atoms with Crippen LogP contribution < -0.4 is 0 Å². The van der Waals surface area contributed by atoms with Crippen LogP contribution >= 0.6 is 43.6 Å². The Morgan fingerprint density at radius 2 is 2.25 bits per heavy atom. The normalized spacial score (nSPS) is 22.0. The van der Waals surface area contributed by atoms with Crippen molar-refractivity contribution in [3.63, 3.8) is 0 Å². The lowest BCUT2D eigenvalue weighted by atomic mass is 10.1. The quantitative estimate of drug-likeness (QED) is 0.641. The van der Waals surface area contributed by atoms with Crippen LogP contribution in [0.4, 0.5) is 0 Å². The predicted octanol–water partition coefficient (Wildman–Crippen LogP) is 4.38. The van der Waals surface area contributed by atoms with E-state index in [-0.39, 0.29) is 0 Å². The summed E-state index contributed by atoms with van der Waals surface area (Å²) in [6.45, 7) is 0. The Morgan fingerprint density at radius 3 is 3.00 bits per heavy atom. The van der Waals surface area contributed by atoms with Gasteiger partial charge in [-0.15, -0.1) is 11.8 Å². The molecule has 0 saturated heterocycles. The highest BCUT2D eigenvalue weighted by molar-refractivity contribution is 9.10. The summed E-state index contributed by atoms with van der Waals surface area (Å²) in [5.41, 5.74) is 1.43. The molecule has 0 spiro atoms. The summed E-state index contributed by atoms with van der Waals surface area (Å²) >= 11 is 9.20. The minimum Gasteiger partial charge on any atom is -0.125 e. The van der Waals surface area contributed by atoms with Crippen molar-refractivity contribution in [3.05, 3.63) is 28.2 Å². The van der Waals surface area contributed by atoms with E-state index < -0.39 is 0 Å². The van der Waals surface area contributed by atoms with E-state index in [2.05, 4.69) is 50.1 Å². The average molecular weight is 308 g/mol. The van der Waals surface area contributed by atoms with E-state index in [0.29, 0.717) is 4.83 Å². The molecule has 0 aromatic heterocycles. The zero-order valence-electron chi connectivity index (χ0n) is 6.39. The maximum atomic E-state index is 3.69. The van der Waals surface area contributed by atoms with Gasteiger partial charge in [-0.3, -0.25) is 0 Å². The Balaban J connectivity index is 2.52. The molecule has 2 rings (SSSR count). The van der Waals surface area contributed by atoms with Crippen LogP contribution in [0.15, 0.2) is 27.6 Å². The molecule has 12 heavy (non-hydrogen) atoms. The molecule has 1 aromatic rings. The van der Waals surface area contributed by atoms with E-state index in [1.54, 1.807) is 0 Å². The fraction of sp³-hybridized carbons (Fsp3) is 0.333. The molecule has 0 radical (unpaired) electrons. The topological polar surface area (TPSA) is 0 Å². The van der Waals surface area contributed by atoms with Crippen LogP contribution in [0.3, 0.4) is 0 Å².